The number of hydrogen-bond donors (Lipinski definition) is 0. The second-order valence-electron chi connectivity index (χ2n) is 2.56. The summed E-state index contributed by atoms with van der Waals surface area (Å²) >= 11 is 0. The van der Waals surface area contributed by atoms with Gasteiger partial charge in [-0.25, -0.2) is 22.2 Å². The average Bonchev–Trinajstić information content (AvgIpc) is 2.14. The van der Waals surface area contributed by atoms with Gasteiger partial charge in [0, 0.05) is 10.7 Å². The maximum absolute atomic E-state index is 13.0. The summed E-state index contributed by atoms with van der Waals surface area (Å²) in [7, 11) is 0.385. The van der Waals surface area contributed by atoms with Crippen LogP contribution in [0.25, 0.3) is 0 Å². The highest BCUT2D eigenvalue weighted by molar-refractivity contribution is 8.13. The zero-order valence-corrected chi connectivity index (χ0v) is 8.86. The van der Waals surface area contributed by atoms with Gasteiger partial charge in [-0.2, -0.15) is 9.65 Å². The smallest absolute Gasteiger partial charge is 0.218 e. The highest BCUT2D eigenvalue weighted by Gasteiger charge is 2.24. The van der Waals surface area contributed by atoms with Crippen LogP contribution in [0.3, 0.4) is 0 Å². The Hall–Kier alpha value is -1.33. The molecule has 9 heteroatoms. The number of pyridine rings is 1. The molecule has 1 aromatic heterocycles. The average molecular weight is 271 g/mol. The molecular formula is C7H2ClF3N2O2S. The van der Waals surface area contributed by atoms with Gasteiger partial charge in [0.05, 0.1) is 0 Å². The van der Waals surface area contributed by atoms with Crippen LogP contribution in [0.4, 0.5) is 13.2 Å². The van der Waals surface area contributed by atoms with E-state index in [-0.39, 0.29) is 0 Å². The molecule has 1 heterocycles. The van der Waals surface area contributed by atoms with Crippen LogP contribution >= 0.6 is 10.7 Å². The molecule has 0 unspecified atom stereocenters. The van der Waals surface area contributed by atoms with Crippen LogP contribution in [0, 0.1) is 17.3 Å². The van der Waals surface area contributed by atoms with E-state index in [9.17, 15) is 21.6 Å². The van der Waals surface area contributed by atoms with Gasteiger partial charge in [-0.15, -0.1) is 0 Å². The normalized spacial score (nSPS) is 11.5. The number of nitrogens with zero attached hydrogens (tertiary/aromatic N) is 2. The minimum Gasteiger partial charge on any atom is -0.218 e. The predicted molar refractivity (Wildman–Crippen MR) is 46.9 cm³/mol. The van der Waals surface area contributed by atoms with E-state index in [1.165, 1.54) is 6.07 Å². The van der Waals surface area contributed by atoms with Crippen LogP contribution in [-0.2, 0) is 9.05 Å². The molecule has 0 fully saturated rings. The Balaban J connectivity index is 3.64. The van der Waals surface area contributed by atoms with Crippen molar-refractivity contribution in [2.24, 2.45) is 0 Å². The van der Waals surface area contributed by atoms with Gasteiger partial charge in [-0.3, -0.25) is 0 Å². The minimum atomic E-state index is -4.49. The van der Waals surface area contributed by atoms with Gasteiger partial charge in [-0.05, 0) is 6.07 Å². The lowest BCUT2D eigenvalue weighted by Crippen LogP contribution is -2.04. The van der Waals surface area contributed by atoms with Gasteiger partial charge in [-0.1, -0.05) is 0 Å². The van der Waals surface area contributed by atoms with E-state index in [1.54, 1.807) is 0 Å². The second-order valence-corrected chi connectivity index (χ2v) is 5.10. The van der Waals surface area contributed by atoms with E-state index in [2.05, 4.69) is 4.98 Å². The van der Waals surface area contributed by atoms with Gasteiger partial charge >= 0.3 is 0 Å². The SMILES string of the molecule is N#Cc1c(S(=O)(=O)Cl)cc(C(F)F)nc1F. The van der Waals surface area contributed by atoms with Gasteiger partial charge < -0.3 is 0 Å². The number of alkyl halides is 2. The van der Waals surface area contributed by atoms with Crippen molar-refractivity contribution in [3.05, 3.63) is 23.3 Å². The van der Waals surface area contributed by atoms with Gasteiger partial charge in [0.2, 0.25) is 5.95 Å². The van der Waals surface area contributed by atoms with E-state index >= 15 is 0 Å². The molecule has 1 rings (SSSR count). The molecule has 1 aromatic rings. The Bertz CT molecular complexity index is 568. The predicted octanol–water partition coefficient (Wildman–Crippen LogP) is 1.96. The summed E-state index contributed by atoms with van der Waals surface area (Å²) in [6.45, 7) is 0. The van der Waals surface area contributed by atoms with Gasteiger partial charge in [0.1, 0.15) is 22.2 Å². The summed E-state index contributed by atoms with van der Waals surface area (Å²) in [5.41, 5.74) is -2.09. The summed E-state index contributed by atoms with van der Waals surface area (Å²) in [6, 6.07) is 1.56. The molecule has 0 aliphatic heterocycles. The molecule has 0 N–H and O–H groups in total. The molecule has 0 aliphatic rings. The number of hydrogen-bond acceptors (Lipinski definition) is 4. The van der Waals surface area contributed by atoms with Crippen molar-refractivity contribution in [3.8, 4) is 6.07 Å². The lowest BCUT2D eigenvalue weighted by molar-refractivity contribution is 0.144. The summed E-state index contributed by atoms with van der Waals surface area (Å²) in [5, 5.41) is 8.45. The summed E-state index contributed by atoms with van der Waals surface area (Å²) in [6.07, 6.45) is -3.17. The number of halogens is 4. The van der Waals surface area contributed by atoms with E-state index < -0.39 is 37.6 Å². The monoisotopic (exact) mass is 270 g/mol. The summed E-state index contributed by atoms with van der Waals surface area (Å²) in [5.74, 6) is -1.60. The lowest BCUT2D eigenvalue weighted by Gasteiger charge is -2.04. The Kier molecular flexibility index (Phi) is 3.40. The first-order valence-electron chi connectivity index (χ1n) is 3.60. The fourth-order valence-electron chi connectivity index (χ4n) is 0.915. The van der Waals surface area contributed by atoms with Crippen molar-refractivity contribution in [1.82, 2.24) is 4.98 Å². The maximum atomic E-state index is 13.0. The molecular weight excluding hydrogens is 269 g/mol. The summed E-state index contributed by atoms with van der Waals surface area (Å²) < 4.78 is 59.2. The Morgan fingerprint density at radius 2 is 2.06 bits per heavy atom. The maximum Gasteiger partial charge on any atom is 0.280 e. The molecule has 0 amide bonds. The highest BCUT2D eigenvalue weighted by atomic mass is 35.7. The van der Waals surface area contributed by atoms with E-state index in [0.717, 1.165) is 0 Å². The molecule has 86 valence electrons. The molecule has 0 aliphatic carbocycles. The molecule has 0 bridgehead atoms. The topological polar surface area (TPSA) is 70.8 Å². The molecule has 0 saturated carbocycles. The second kappa shape index (κ2) is 4.27. The summed E-state index contributed by atoms with van der Waals surface area (Å²) in [4.78, 5) is 1.74. The molecule has 0 aromatic carbocycles. The van der Waals surface area contributed by atoms with Crippen LogP contribution < -0.4 is 0 Å². The number of rotatable bonds is 2. The fraction of sp³-hybridized carbons (Fsp3) is 0.143. The van der Waals surface area contributed by atoms with Crippen LogP contribution in [0.15, 0.2) is 11.0 Å². The van der Waals surface area contributed by atoms with E-state index in [1.807, 2.05) is 0 Å². The Labute approximate surface area is 92.7 Å². The van der Waals surface area contributed by atoms with E-state index in [0.29, 0.717) is 6.07 Å². The van der Waals surface area contributed by atoms with Crippen LogP contribution in [0.2, 0.25) is 0 Å². The Morgan fingerprint density at radius 1 is 1.50 bits per heavy atom. The lowest BCUT2D eigenvalue weighted by atomic mass is 10.2. The zero-order valence-electron chi connectivity index (χ0n) is 7.29. The first kappa shape index (κ1) is 12.7. The van der Waals surface area contributed by atoms with Crippen molar-refractivity contribution in [2.45, 2.75) is 11.3 Å². The quantitative estimate of drug-likeness (QED) is 0.608. The van der Waals surface area contributed by atoms with Crippen molar-refractivity contribution in [2.75, 3.05) is 0 Å². The van der Waals surface area contributed by atoms with Crippen LogP contribution in [-0.4, -0.2) is 13.4 Å². The molecule has 0 atom stereocenters. The van der Waals surface area contributed by atoms with Crippen LogP contribution in [0.5, 0.6) is 0 Å². The van der Waals surface area contributed by atoms with Gasteiger partial charge in [0.15, 0.2) is 0 Å². The third-order valence-corrected chi connectivity index (χ3v) is 2.90. The van der Waals surface area contributed by atoms with Crippen LogP contribution in [0.1, 0.15) is 17.7 Å². The first-order valence-corrected chi connectivity index (χ1v) is 5.91. The van der Waals surface area contributed by atoms with Crippen molar-refractivity contribution < 1.29 is 21.6 Å². The third-order valence-electron chi connectivity index (χ3n) is 1.56. The van der Waals surface area contributed by atoms with E-state index in [4.69, 9.17) is 15.9 Å². The largest absolute Gasteiger partial charge is 0.280 e. The number of aromatic nitrogens is 1. The highest BCUT2D eigenvalue weighted by Crippen LogP contribution is 2.26. The third kappa shape index (κ3) is 2.43. The van der Waals surface area contributed by atoms with Crippen molar-refractivity contribution in [3.63, 3.8) is 0 Å². The molecule has 16 heavy (non-hydrogen) atoms. The molecule has 4 nitrogen and oxygen atoms in total. The van der Waals surface area contributed by atoms with Crippen molar-refractivity contribution in [1.29, 1.82) is 5.26 Å². The standard InChI is InChI=1S/C7H2ClF3N2O2S/c8-16(14,15)5-1-4(6(9)10)13-7(11)3(5)2-12/h1,6H. The Morgan fingerprint density at radius 3 is 2.44 bits per heavy atom. The first-order chi connectivity index (χ1) is 7.27. The molecule has 0 radical (unpaired) electrons. The zero-order chi connectivity index (χ0) is 12.5. The number of nitriles is 1. The minimum absolute atomic E-state index is 0.370. The molecule has 0 saturated heterocycles. The van der Waals surface area contributed by atoms with Crippen molar-refractivity contribution >= 4 is 19.7 Å². The van der Waals surface area contributed by atoms with Gasteiger partial charge in [0.25, 0.3) is 15.5 Å². The molecule has 0 spiro atoms. The fourth-order valence-corrected chi connectivity index (χ4v) is 1.92.